The van der Waals surface area contributed by atoms with Crippen LogP contribution < -0.4 is 14.8 Å². The third-order valence-electron chi connectivity index (χ3n) is 6.08. The van der Waals surface area contributed by atoms with Crippen molar-refractivity contribution in [2.75, 3.05) is 34.0 Å². The number of ether oxygens (including phenoxy) is 4. The average Bonchev–Trinajstić information content (AvgIpc) is 3.51. The van der Waals surface area contributed by atoms with Gasteiger partial charge in [-0.2, -0.15) is 0 Å². The Hall–Kier alpha value is -2.98. The van der Waals surface area contributed by atoms with E-state index < -0.39 is 12.0 Å². The van der Waals surface area contributed by atoms with E-state index in [1.165, 1.54) is 11.8 Å². The normalized spacial score (nSPS) is 21.3. The predicted molar refractivity (Wildman–Crippen MR) is 133 cm³/mol. The summed E-state index contributed by atoms with van der Waals surface area (Å²) in [5, 5.41) is 5.59. The number of carbonyl (C=O) groups is 2. The molecule has 0 saturated carbocycles. The van der Waals surface area contributed by atoms with E-state index in [-0.39, 0.29) is 25.0 Å². The maximum Gasteiger partial charge on any atom is 0.338 e. The summed E-state index contributed by atoms with van der Waals surface area (Å²) < 4.78 is 22.0. The lowest BCUT2D eigenvalue weighted by molar-refractivity contribution is -0.139. The van der Waals surface area contributed by atoms with E-state index >= 15 is 0 Å². The quantitative estimate of drug-likeness (QED) is 0.513. The minimum Gasteiger partial charge on any atom is -0.497 e. The number of amidine groups is 1. The molecule has 3 heterocycles. The van der Waals surface area contributed by atoms with E-state index in [1.54, 1.807) is 34.1 Å². The second-order valence-corrected chi connectivity index (χ2v) is 9.21. The first-order chi connectivity index (χ1) is 16.9. The first-order valence-corrected chi connectivity index (χ1v) is 12.6. The summed E-state index contributed by atoms with van der Waals surface area (Å²) in [7, 11) is 3.16. The third kappa shape index (κ3) is 5.48. The summed E-state index contributed by atoms with van der Waals surface area (Å²) in [6.07, 6.45) is 2.18. The lowest BCUT2D eigenvalue weighted by Crippen LogP contribution is -2.38. The highest BCUT2D eigenvalue weighted by Crippen LogP contribution is 2.46. The number of hydrogen-bond acceptors (Lipinski definition) is 9. The highest BCUT2D eigenvalue weighted by Gasteiger charge is 2.41. The Morgan fingerprint density at radius 1 is 1.23 bits per heavy atom. The molecule has 9 nitrogen and oxygen atoms in total. The minimum atomic E-state index is -0.558. The largest absolute Gasteiger partial charge is 0.497 e. The molecule has 1 N–H and O–H groups in total. The number of rotatable bonds is 9. The van der Waals surface area contributed by atoms with Crippen molar-refractivity contribution in [3.63, 3.8) is 0 Å². The van der Waals surface area contributed by atoms with Crippen molar-refractivity contribution in [3.05, 3.63) is 46.1 Å². The van der Waals surface area contributed by atoms with Crippen molar-refractivity contribution in [2.45, 2.75) is 45.3 Å². The first kappa shape index (κ1) is 25.1. The van der Waals surface area contributed by atoms with Crippen LogP contribution in [0.2, 0.25) is 0 Å². The predicted octanol–water partition coefficient (Wildman–Crippen LogP) is 3.53. The molecule has 0 aromatic heterocycles. The van der Waals surface area contributed by atoms with Gasteiger partial charge >= 0.3 is 5.97 Å². The van der Waals surface area contributed by atoms with Crippen molar-refractivity contribution < 1.29 is 28.5 Å². The van der Waals surface area contributed by atoms with Gasteiger partial charge in [0.15, 0.2) is 5.17 Å². The summed E-state index contributed by atoms with van der Waals surface area (Å²) in [4.78, 5) is 32.5. The molecule has 1 aromatic carbocycles. The van der Waals surface area contributed by atoms with Gasteiger partial charge in [-0.15, -0.1) is 0 Å². The van der Waals surface area contributed by atoms with Gasteiger partial charge in [0.05, 0.1) is 50.7 Å². The lowest BCUT2D eigenvalue weighted by Gasteiger charge is -2.36. The number of esters is 1. The Kier molecular flexibility index (Phi) is 8.02. The SMILES string of the molecule is CCOC(=O)C1=C(C)N=C2SC=C(CC(=O)NC[C@H]3CCCO3)N2[C@H]1c1cc(OC)cc(OC)c1. The van der Waals surface area contributed by atoms with Gasteiger partial charge in [-0.05, 0) is 49.8 Å². The molecular formula is C25H31N3O6S. The van der Waals surface area contributed by atoms with Gasteiger partial charge in [0.25, 0.3) is 0 Å². The van der Waals surface area contributed by atoms with Crippen LogP contribution in [-0.2, 0) is 19.1 Å². The highest BCUT2D eigenvalue weighted by atomic mass is 32.2. The van der Waals surface area contributed by atoms with Gasteiger partial charge in [0, 0.05) is 24.9 Å². The Morgan fingerprint density at radius 2 is 1.97 bits per heavy atom. The van der Waals surface area contributed by atoms with Crippen LogP contribution in [0.15, 0.2) is 45.6 Å². The molecule has 0 radical (unpaired) electrons. The van der Waals surface area contributed by atoms with E-state index in [1.807, 2.05) is 22.4 Å². The van der Waals surface area contributed by atoms with Crippen molar-refractivity contribution in [1.29, 1.82) is 0 Å². The molecule has 0 bridgehead atoms. The molecule has 3 aliphatic heterocycles. The Morgan fingerprint density at radius 3 is 2.60 bits per heavy atom. The van der Waals surface area contributed by atoms with Gasteiger partial charge < -0.3 is 29.2 Å². The molecule has 4 rings (SSSR count). The molecule has 1 aromatic rings. The van der Waals surface area contributed by atoms with Crippen LogP contribution in [0, 0.1) is 0 Å². The highest BCUT2D eigenvalue weighted by molar-refractivity contribution is 8.16. The Bertz CT molecular complexity index is 1050. The number of methoxy groups -OCH3 is 2. The molecule has 35 heavy (non-hydrogen) atoms. The molecule has 10 heteroatoms. The number of carbonyl (C=O) groups excluding carboxylic acids is 2. The number of hydrogen-bond donors (Lipinski definition) is 1. The van der Waals surface area contributed by atoms with Gasteiger partial charge in [0.2, 0.25) is 5.91 Å². The Balaban J connectivity index is 1.66. The fourth-order valence-corrected chi connectivity index (χ4v) is 5.37. The maximum absolute atomic E-state index is 13.1. The molecule has 0 spiro atoms. The first-order valence-electron chi connectivity index (χ1n) is 11.7. The number of nitrogens with one attached hydrogen (secondary N) is 1. The number of allylic oxidation sites excluding steroid dienone is 1. The summed E-state index contributed by atoms with van der Waals surface area (Å²) in [6.45, 7) is 5.04. The van der Waals surface area contributed by atoms with Crippen LogP contribution in [0.4, 0.5) is 0 Å². The molecule has 1 amide bonds. The summed E-state index contributed by atoms with van der Waals surface area (Å²) >= 11 is 1.43. The molecular weight excluding hydrogens is 470 g/mol. The molecule has 188 valence electrons. The Labute approximate surface area is 209 Å². The second kappa shape index (κ2) is 11.2. The van der Waals surface area contributed by atoms with Crippen molar-refractivity contribution in [2.24, 2.45) is 4.99 Å². The van der Waals surface area contributed by atoms with Crippen molar-refractivity contribution in [3.8, 4) is 11.5 Å². The fourth-order valence-electron chi connectivity index (χ4n) is 4.40. The van der Waals surface area contributed by atoms with Crippen LogP contribution in [0.3, 0.4) is 0 Å². The van der Waals surface area contributed by atoms with Crippen LogP contribution in [0.1, 0.15) is 44.7 Å². The maximum atomic E-state index is 13.1. The van der Waals surface area contributed by atoms with Crippen LogP contribution in [0.5, 0.6) is 11.5 Å². The number of nitrogens with zero attached hydrogens (tertiary/aromatic N) is 2. The fraction of sp³-hybridized carbons (Fsp3) is 0.480. The van der Waals surface area contributed by atoms with Crippen LogP contribution >= 0.6 is 11.8 Å². The van der Waals surface area contributed by atoms with Crippen molar-refractivity contribution in [1.82, 2.24) is 10.2 Å². The molecule has 3 aliphatic rings. The van der Waals surface area contributed by atoms with Gasteiger partial charge in [-0.3, -0.25) is 4.79 Å². The van der Waals surface area contributed by atoms with Gasteiger partial charge in [-0.1, -0.05) is 11.8 Å². The van der Waals surface area contributed by atoms with E-state index in [2.05, 4.69) is 10.3 Å². The zero-order chi connectivity index (χ0) is 24.9. The number of amides is 1. The zero-order valence-corrected chi connectivity index (χ0v) is 21.3. The van der Waals surface area contributed by atoms with Crippen LogP contribution in [-0.4, -0.2) is 62.0 Å². The number of aliphatic imine (C=N–C) groups is 1. The standard InChI is InChI=1S/C25H31N3O6S/c1-5-33-24(30)22-15(2)27-25-28(23(22)16-9-19(31-3)12-20(10-16)32-4)17(14-35-25)11-21(29)26-13-18-7-6-8-34-18/h9-10,12,14,18,23H,5-8,11,13H2,1-4H3,(H,26,29)/t18-,23+/m1/s1. The zero-order valence-electron chi connectivity index (χ0n) is 20.5. The van der Waals surface area contributed by atoms with Gasteiger partial charge in [0.1, 0.15) is 11.5 Å². The molecule has 1 saturated heterocycles. The minimum absolute atomic E-state index is 0.0657. The molecule has 0 unspecified atom stereocenters. The molecule has 0 aliphatic carbocycles. The summed E-state index contributed by atoms with van der Waals surface area (Å²) in [5.41, 5.74) is 2.51. The van der Waals surface area contributed by atoms with E-state index in [0.29, 0.717) is 34.5 Å². The average molecular weight is 502 g/mol. The molecule has 1 fully saturated rings. The van der Waals surface area contributed by atoms with E-state index in [9.17, 15) is 9.59 Å². The van der Waals surface area contributed by atoms with Crippen molar-refractivity contribution >= 4 is 28.8 Å². The number of thioether (sulfide) groups is 1. The lowest BCUT2D eigenvalue weighted by atomic mass is 9.93. The second-order valence-electron chi connectivity index (χ2n) is 8.38. The topological polar surface area (TPSA) is 98.7 Å². The smallest absolute Gasteiger partial charge is 0.338 e. The number of benzene rings is 1. The van der Waals surface area contributed by atoms with Crippen LogP contribution in [0.25, 0.3) is 0 Å². The number of fused-ring (bicyclic) bond motifs is 1. The van der Waals surface area contributed by atoms with E-state index in [4.69, 9.17) is 18.9 Å². The monoisotopic (exact) mass is 501 g/mol. The summed E-state index contributed by atoms with van der Waals surface area (Å²) in [6, 6.07) is 4.94. The van der Waals surface area contributed by atoms with Gasteiger partial charge in [-0.25, -0.2) is 9.79 Å². The van der Waals surface area contributed by atoms with E-state index in [0.717, 1.165) is 30.7 Å². The third-order valence-corrected chi connectivity index (χ3v) is 6.97. The summed E-state index contributed by atoms with van der Waals surface area (Å²) in [5.74, 6) is 0.630. The molecule has 2 atom stereocenters.